The summed E-state index contributed by atoms with van der Waals surface area (Å²) in [6, 6.07) is 16.2. The van der Waals surface area contributed by atoms with Gasteiger partial charge in [0, 0.05) is 5.56 Å². The molecule has 0 aliphatic carbocycles. The summed E-state index contributed by atoms with van der Waals surface area (Å²) < 4.78 is 12.1. The smallest absolute Gasteiger partial charge is 0.399 e. The van der Waals surface area contributed by atoms with Gasteiger partial charge in [0.2, 0.25) is 0 Å². The molecule has 3 rings (SSSR count). The van der Waals surface area contributed by atoms with Gasteiger partial charge in [-0.1, -0.05) is 42.5 Å². The fourth-order valence-corrected chi connectivity index (χ4v) is 2.73. The van der Waals surface area contributed by atoms with Gasteiger partial charge in [-0.2, -0.15) is 0 Å². The highest BCUT2D eigenvalue weighted by atomic mass is 16.7. The molecule has 2 aromatic rings. The molecule has 0 atom stereocenters. The van der Waals surface area contributed by atoms with Crippen LogP contribution in [0.2, 0.25) is 0 Å². The van der Waals surface area contributed by atoms with Crippen LogP contribution in [-0.4, -0.2) is 34.5 Å². The van der Waals surface area contributed by atoms with Crippen LogP contribution in [0.5, 0.6) is 0 Å². The van der Waals surface area contributed by atoms with Gasteiger partial charge in [0.15, 0.2) is 0 Å². The molecule has 0 spiro atoms. The molecule has 0 saturated carbocycles. The van der Waals surface area contributed by atoms with E-state index in [1.54, 1.807) is 24.3 Å². The minimum Gasteiger partial charge on any atom is -0.399 e. The van der Waals surface area contributed by atoms with Crippen LogP contribution in [0.25, 0.3) is 0 Å². The van der Waals surface area contributed by atoms with Crippen LogP contribution in [-0.2, 0) is 15.9 Å². The molecule has 1 fully saturated rings. The van der Waals surface area contributed by atoms with Gasteiger partial charge in [-0.15, -0.1) is 0 Å². The zero-order chi connectivity index (χ0) is 18.9. The number of amides is 1. The third kappa shape index (κ3) is 3.68. The van der Waals surface area contributed by atoms with Crippen molar-refractivity contribution in [3.63, 3.8) is 0 Å². The second kappa shape index (κ2) is 6.87. The maximum atomic E-state index is 12.2. The Bertz CT molecular complexity index is 758. The molecule has 1 aliphatic heterocycles. The van der Waals surface area contributed by atoms with E-state index in [-0.39, 0.29) is 17.7 Å². The quantitative estimate of drug-likeness (QED) is 0.522. The highest BCUT2D eigenvalue weighted by molar-refractivity contribution is 6.62. The lowest BCUT2D eigenvalue weighted by molar-refractivity contribution is -0.0648. The van der Waals surface area contributed by atoms with Crippen molar-refractivity contribution in [1.29, 1.82) is 0 Å². The van der Waals surface area contributed by atoms with E-state index in [4.69, 9.17) is 9.31 Å². The van der Waals surface area contributed by atoms with Gasteiger partial charge in [0.1, 0.15) is 0 Å². The Morgan fingerprint density at radius 2 is 1.50 bits per heavy atom. The van der Waals surface area contributed by atoms with Crippen LogP contribution in [0.15, 0.2) is 54.6 Å². The van der Waals surface area contributed by atoms with E-state index < -0.39 is 13.0 Å². The first-order valence-corrected chi connectivity index (χ1v) is 8.70. The molecule has 0 bridgehead atoms. The van der Waals surface area contributed by atoms with Gasteiger partial charge in [-0.25, -0.2) is 5.06 Å². The number of rotatable bonds is 4. The van der Waals surface area contributed by atoms with Crippen LogP contribution in [0.3, 0.4) is 0 Å². The van der Waals surface area contributed by atoms with Crippen molar-refractivity contribution >= 4 is 18.5 Å². The van der Waals surface area contributed by atoms with Crippen LogP contribution in [0.4, 0.5) is 0 Å². The lowest BCUT2D eigenvalue weighted by Crippen LogP contribution is -2.41. The number of nitrogens with zero attached hydrogens (tertiary/aromatic N) is 1. The second-order valence-corrected chi connectivity index (χ2v) is 7.56. The van der Waals surface area contributed by atoms with Crippen LogP contribution < -0.4 is 5.46 Å². The number of carbonyl (C=O) groups excluding carboxylic acids is 1. The van der Waals surface area contributed by atoms with Crippen molar-refractivity contribution < 1.29 is 19.3 Å². The van der Waals surface area contributed by atoms with Crippen LogP contribution in [0.1, 0.15) is 43.6 Å². The predicted octanol–water partition coefficient (Wildman–Crippen LogP) is 3.02. The highest BCUT2D eigenvalue weighted by Gasteiger charge is 2.51. The Labute approximate surface area is 154 Å². The third-order valence-electron chi connectivity index (χ3n) is 5.09. The minimum atomic E-state index is -0.430. The van der Waals surface area contributed by atoms with E-state index in [0.717, 1.165) is 16.1 Å². The van der Waals surface area contributed by atoms with Gasteiger partial charge in [-0.3, -0.25) is 10.0 Å². The minimum absolute atomic E-state index is 0.109. The van der Waals surface area contributed by atoms with Gasteiger partial charge in [-0.05, 0) is 50.9 Å². The van der Waals surface area contributed by atoms with E-state index in [2.05, 4.69) is 0 Å². The largest absolute Gasteiger partial charge is 0.494 e. The lowest BCUT2D eigenvalue weighted by atomic mass is 9.79. The molecule has 5 nitrogen and oxygen atoms in total. The Kier molecular flexibility index (Phi) is 4.93. The number of hydrogen-bond donors (Lipinski definition) is 1. The van der Waals surface area contributed by atoms with Gasteiger partial charge in [0.05, 0.1) is 17.7 Å². The summed E-state index contributed by atoms with van der Waals surface area (Å²) in [6.07, 6.45) is 0. The predicted molar refractivity (Wildman–Crippen MR) is 100 cm³/mol. The number of carbonyl (C=O) groups is 1. The Hall–Kier alpha value is -2.15. The summed E-state index contributed by atoms with van der Waals surface area (Å²) in [7, 11) is -0.426. The molecule has 1 amide bonds. The molecule has 1 N–H and O–H groups in total. The summed E-state index contributed by atoms with van der Waals surface area (Å²) in [4.78, 5) is 12.2. The summed E-state index contributed by atoms with van der Waals surface area (Å²) in [6.45, 7) is 8.16. The molecule has 1 saturated heterocycles. The van der Waals surface area contributed by atoms with E-state index >= 15 is 0 Å². The number of hydrogen-bond acceptors (Lipinski definition) is 4. The SMILES string of the molecule is CC1(C)OB(c2ccc(CN(O)C(=O)c3ccccc3)cc2)OC1(C)C. The van der Waals surface area contributed by atoms with Gasteiger partial charge in [0.25, 0.3) is 5.91 Å². The Morgan fingerprint density at radius 1 is 0.962 bits per heavy atom. The molecule has 136 valence electrons. The van der Waals surface area contributed by atoms with Gasteiger partial charge >= 0.3 is 7.12 Å². The zero-order valence-corrected chi connectivity index (χ0v) is 15.6. The maximum Gasteiger partial charge on any atom is 0.494 e. The summed E-state index contributed by atoms with van der Waals surface area (Å²) in [5.74, 6) is -0.430. The molecular formula is C20H24BNO4. The first-order chi connectivity index (χ1) is 12.2. The standard InChI is InChI=1S/C20H24BNO4/c1-19(2)20(3,4)26-21(25-19)17-12-10-15(11-13-17)14-22(24)18(23)16-8-6-5-7-9-16/h5-13,24H,14H2,1-4H3. The fourth-order valence-electron chi connectivity index (χ4n) is 2.73. The van der Waals surface area contributed by atoms with E-state index in [0.29, 0.717) is 5.56 Å². The van der Waals surface area contributed by atoms with Crippen molar-refractivity contribution in [1.82, 2.24) is 5.06 Å². The van der Waals surface area contributed by atoms with E-state index in [1.165, 1.54) is 0 Å². The Morgan fingerprint density at radius 3 is 2.04 bits per heavy atom. The molecule has 0 radical (unpaired) electrons. The molecule has 0 unspecified atom stereocenters. The Balaban J connectivity index is 1.66. The number of benzene rings is 2. The molecule has 2 aromatic carbocycles. The third-order valence-corrected chi connectivity index (χ3v) is 5.09. The summed E-state index contributed by atoms with van der Waals surface area (Å²) >= 11 is 0. The first-order valence-electron chi connectivity index (χ1n) is 8.70. The molecule has 6 heteroatoms. The average molecular weight is 353 g/mol. The first kappa shape index (κ1) is 18.6. The van der Waals surface area contributed by atoms with Crippen molar-refractivity contribution in [2.75, 3.05) is 0 Å². The van der Waals surface area contributed by atoms with Crippen molar-refractivity contribution in [2.45, 2.75) is 45.4 Å². The molecule has 1 aliphatic rings. The fraction of sp³-hybridized carbons (Fsp3) is 0.350. The lowest BCUT2D eigenvalue weighted by Gasteiger charge is -2.32. The number of hydroxylamine groups is 2. The van der Waals surface area contributed by atoms with Crippen molar-refractivity contribution in [3.05, 3.63) is 65.7 Å². The summed E-state index contributed by atoms with van der Waals surface area (Å²) in [5, 5.41) is 10.8. The van der Waals surface area contributed by atoms with Crippen LogP contribution >= 0.6 is 0 Å². The zero-order valence-electron chi connectivity index (χ0n) is 15.6. The van der Waals surface area contributed by atoms with E-state index in [9.17, 15) is 10.0 Å². The molecular weight excluding hydrogens is 329 g/mol. The molecule has 26 heavy (non-hydrogen) atoms. The molecule has 0 aromatic heterocycles. The van der Waals surface area contributed by atoms with Crippen molar-refractivity contribution in [2.24, 2.45) is 0 Å². The highest BCUT2D eigenvalue weighted by Crippen LogP contribution is 2.36. The second-order valence-electron chi connectivity index (χ2n) is 7.56. The van der Waals surface area contributed by atoms with Gasteiger partial charge < -0.3 is 9.31 Å². The topological polar surface area (TPSA) is 59.0 Å². The molecule has 1 heterocycles. The maximum absolute atomic E-state index is 12.2. The van der Waals surface area contributed by atoms with E-state index in [1.807, 2.05) is 58.0 Å². The monoisotopic (exact) mass is 353 g/mol. The summed E-state index contributed by atoms with van der Waals surface area (Å²) in [5.41, 5.74) is 1.40. The van der Waals surface area contributed by atoms with Crippen molar-refractivity contribution in [3.8, 4) is 0 Å². The normalized spacial score (nSPS) is 18.0. The van der Waals surface area contributed by atoms with Crippen LogP contribution in [0, 0.1) is 0 Å². The average Bonchev–Trinajstić information content (AvgIpc) is 2.83.